The number of aliphatic hydroxyl groups is 1. The molecule has 0 radical (unpaired) electrons. The lowest BCUT2D eigenvalue weighted by atomic mass is 9.81. The minimum absolute atomic E-state index is 0.0170. The summed E-state index contributed by atoms with van der Waals surface area (Å²) in [5, 5.41) is 9.72. The van der Waals surface area contributed by atoms with Crippen molar-refractivity contribution in [3.8, 4) is 0 Å². The number of likely N-dealkylation sites (tertiary alicyclic amines) is 1. The van der Waals surface area contributed by atoms with Gasteiger partial charge in [0.1, 0.15) is 0 Å². The summed E-state index contributed by atoms with van der Waals surface area (Å²) in [5.41, 5.74) is 7.24. The Kier molecular flexibility index (Phi) is 4.29. The van der Waals surface area contributed by atoms with E-state index in [2.05, 4.69) is 18.7 Å². The molecular weight excluding hydrogens is 236 g/mol. The van der Waals surface area contributed by atoms with Crippen LogP contribution in [0.15, 0.2) is 30.3 Å². The summed E-state index contributed by atoms with van der Waals surface area (Å²) in [7, 11) is 0. The number of benzene rings is 1. The predicted octanol–water partition coefficient (Wildman–Crippen LogP) is 1.95. The van der Waals surface area contributed by atoms with Crippen molar-refractivity contribution < 1.29 is 5.11 Å². The summed E-state index contributed by atoms with van der Waals surface area (Å²) in [6, 6.07) is 9.94. The molecule has 1 aliphatic heterocycles. The average molecular weight is 262 g/mol. The number of piperidine rings is 1. The van der Waals surface area contributed by atoms with Gasteiger partial charge in [-0.1, -0.05) is 44.2 Å². The fourth-order valence-electron chi connectivity index (χ4n) is 2.72. The third-order valence-electron chi connectivity index (χ3n) is 4.35. The number of hydrogen-bond acceptors (Lipinski definition) is 3. The highest BCUT2D eigenvalue weighted by Gasteiger charge is 2.32. The van der Waals surface area contributed by atoms with Crippen molar-refractivity contribution in [1.29, 1.82) is 0 Å². The van der Waals surface area contributed by atoms with Crippen LogP contribution in [-0.4, -0.2) is 36.2 Å². The van der Waals surface area contributed by atoms with Gasteiger partial charge >= 0.3 is 0 Å². The molecule has 0 aromatic heterocycles. The Labute approximate surface area is 116 Å². The minimum Gasteiger partial charge on any atom is -0.394 e. The highest BCUT2D eigenvalue weighted by atomic mass is 16.3. The molecule has 3 N–H and O–H groups in total. The summed E-state index contributed by atoms with van der Waals surface area (Å²) >= 11 is 0. The van der Waals surface area contributed by atoms with E-state index in [1.807, 2.05) is 30.3 Å². The lowest BCUT2D eigenvalue weighted by Gasteiger charge is -2.41. The van der Waals surface area contributed by atoms with Crippen molar-refractivity contribution in [3.63, 3.8) is 0 Å². The second-order valence-corrected chi connectivity index (χ2v) is 6.62. The van der Waals surface area contributed by atoms with E-state index in [1.54, 1.807) is 0 Å². The molecule has 1 heterocycles. The molecule has 1 aliphatic rings. The molecule has 1 saturated heterocycles. The summed E-state index contributed by atoms with van der Waals surface area (Å²) in [6.45, 7) is 7.49. The van der Waals surface area contributed by atoms with E-state index >= 15 is 0 Å². The highest BCUT2D eigenvalue weighted by molar-refractivity contribution is 5.24. The van der Waals surface area contributed by atoms with Crippen LogP contribution in [-0.2, 0) is 5.54 Å². The maximum absolute atomic E-state index is 9.72. The zero-order valence-corrected chi connectivity index (χ0v) is 12.1. The standard InChI is InChI=1S/C16H26N2O/c1-15(2)8-10-18(11-9-15)12-16(17,13-19)14-6-4-3-5-7-14/h3-7,19H,8-13,17H2,1-2H3. The SMILES string of the molecule is CC1(C)CCN(CC(N)(CO)c2ccccc2)CC1. The van der Waals surface area contributed by atoms with Gasteiger partial charge in [0, 0.05) is 6.54 Å². The van der Waals surface area contributed by atoms with Crippen LogP contribution in [0.4, 0.5) is 0 Å². The Bertz CT molecular complexity index is 394. The molecule has 3 heteroatoms. The quantitative estimate of drug-likeness (QED) is 0.872. The Balaban J connectivity index is 2.04. The molecule has 1 unspecified atom stereocenters. The summed E-state index contributed by atoms with van der Waals surface area (Å²) in [4.78, 5) is 2.38. The Morgan fingerprint density at radius 2 is 1.79 bits per heavy atom. The van der Waals surface area contributed by atoms with Crippen molar-refractivity contribution in [2.75, 3.05) is 26.2 Å². The van der Waals surface area contributed by atoms with Crippen LogP contribution < -0.4 is 5.73 Å². The first-order valence-corrected chi connectivity index (χ1v) is 7.13. The largest absolute Gasteiger partial charge is 0.394 e. The van der Waals surface area contributed by atoms with Gasteiger partial charge in [0.05, 0.1) is 12.1 Å². The van der Waals surface area contributed by atoms with E-state index in [9.17, 15) is 5.11 Å². The maximum Gasteiger partial charge on any atom is 0.0772 e. The van der Waals surface area contributed by atoms with Crippen LogP contribution in [0.2, 0.25) is 0 Å². The van der Waals surface area contributed by atoms with Crippen LogP contribution in [0, 0.1) is 5.41 Å². The van der Waals surface area contributed by atoms with Gasteiger partial charge in [-0.05, 0) is 36.9 Å². The molecule has 0 aliphatic carbocycles. The van der Waals surface area contributed by atoms with Gasteiger partial charge in [0.25, 0.3) is 0 Å². The molecule has 1 aromatic rings. The lowest BCUT2D eigenvalue weighted by Crippen LogP contribution is -2.52. The molecular formula is C16H26N2O. The summed E-state index contributed by atoms with van der Waals surface area (Å²) < 4.78 is 0. The molecule has 0 spiro atoms. The zero-order chi connectivity index (χ0) is 13.9. The van der Waals surface area contributed by atoms with Crippen LogP contribution in [0.3, 0.4) is 0 Å². The number of hydrogen-bond donors (Lipinski definition) is 2. The van der Waals surface area contributed by atoms with Crippen LogP contribution in [0.25, 0.3) is 0 Å². The van der Waals surface area contributed by atoms with Gasteiger partial charge in [-0.3, -0.25) is 0 Å². The molecule has 3 nitrogen and oxygen atoms in total. The monoisotopic (exact) mass is 262 g/mol. The first-order valence-electron chi connectivity index (χ1n) is 7.13. The van der Waals surface area contributed by atoms with Gasteiger partial charge in [-0.2, -0.15) is 0 Å². The third-order valence-corrected chi connectivity index (χ3v) is 4.35. The van der Waals surface area contributed by atoms with Gasteiger partial charge in [-0.15, -0.1) is 0 Å². The fraction of sp³-hybridized carbons (Fsp3) is 0.625. The second kappa shape index (κ2) is 5.61. The molecule has 0 bridgehead atoms. The number of rotatable bonds is 4. The number of aliphatic hydroxyl groups excluding tert-OH is 1. The molecule has 1 fully saturated rings. The van der Waals surface area contributed by atoms with Gasteiger partial charge in [0.2, 0.25) is 0 Å². The predicted molar refractivity (Wildman–Crippen MR) is 78.8 cm³/mol. The Hall–Kier alpha value is -0.900. The van der Waals surface area contributed by atoms with Gasteiger partial charge in [-0.25, -0.2) is 0 Å². The van der Waals surface area contributed by atoms with Gasteiger partial charge in [0.15, 0.2) is 0 Å². The van der Waals surface area contributed by atoms with Crippen LogP contribution in [0.5, 0.6) is 0 Å². The van der Waals surface area contributed by atoms with Crippen molar-refractivity contribution >= 4 is 0 Å². The smallest absolute Gasteiger partial charge is 0.0772 e. The van der Waals surface area contributed by atoms with Gasteiger partial charge < -0.3 is 15.7 Å². The second-order valence-electron chi connectivity index (χ2n) is 6.62. The topological polar surface area (TPSA) is 49.5 Å². The van der Waals surface area contributed by atoms with E-state index < -0.39 is 5.54 Å². The third kappa shape index (κ3) is 3.56. The van der Waals surface area contributed by atoms with Crippen LogP contribution >= 0.6 is 0 Å². The van der Waals surface area contributed by atoms with Crippen molar-refractivity contribution in [1.82, 2.24) is 4.90 Å². The first kappa shape index (κ1) is 14.5. The van der Waals surface area contributed by atoms with E-state index in [0.29, 0.717) is 5.41 Å². The molecule has 1 atom stereocenters. The van der Waals surface area contributed by atoms with E-state index in [1.165, 1.54) is 12.8 Å². The Morgan fingerprint density at radius 3 is 2.32 bits per heavy atom. The molecule has 2 rings (SSSR count). The fourth-order valence-corrected chi connectivity index (χ4v) is 2.72. The number of nitrogens with two attached hydrogens (primary N) is 1. The average Bonchev–Trinajstić information content (AvgIpc) is 2.42. The molecule has 1 aromatic carbocycles. The van der Waals surface area contributed by atoms with Crippen molar-refractivity contribution in [2.45, 2.75) is 32.2 Å². The molecule has 106 valence electrons. The summed E-state index contributed by atoms with van der Waals surface area (Å²) in [6.07, 6.45) is 2.40. The van der Waals surface area contributed by atoms with Crippen molar-refractivity contribution in [3.05, 3.63) is 35.9 Å². The zero-order valence-electron chi connectivity index (χ0n) is 12.1. The highest BCUT2D eigenvalue weighted by Crippen LogP contribution is 2.31. The normalized spacial score (nSPS) is 22.9. The van der Waals surface area contributed by atoms with E-state index in [0.717, 1.165) is 25.2 Å². The first-order chi connectivity index (χ1) is 8.95. The van der Waals surface area contributed by atoms with Crippen molar-refractivity contribution in [2.24, 2.45) is 11.1 Å². The van der Waals surface area contributed by atoms with E-state index in [4.69, 9.17) is 5.73 Å². The summed E-state index contributed by atoms with van der Waals surface area (Å²) in [5.74, 6) is 0. The minimum atomic E-state index is -0.650. The molecule has 0 saturated carbocycles. The number of nitrogens with zero attached hydrogens (tertiary/aromatic N) is 1. The maximum atomic E-state index is 9.72. The molecule has 0 amide bonds. The van der Waals surface area contributed by atoms with Crippen LogP contribution in [0.1, 0.15) is 32.3 Å². The molecule has 19 heavy (non-hydrogen) atoms. The lowest BCUT2D eigenvalue weighted by molar-refractivity contribution is 0.0847. The Morgan fingerprint density at radius 1 is 1.21 bits per heavy atom. The van der Waals surface area contributed by atoms with E-state index in [-0.39, 0.29) is 6.61 Å².